The molecule has 1 heterocycles. The number of hydrogen-bond acceptors (Lipinski definition) is 2. The molecule has 1 rings (SSSR count). The number of aromatic nitrogens is 1. The SMILES string of the molecule is O=Cc1c(F)ccnc1C(F)(F)F. The average molecular weight is 193 g/mol. The Morgan fingerprint density at radius 1 is 1.38 bits per heavy atom. The standard InChI is InChI=1S/C7H3F4NO/c8-5-1-2-12-6(4(5)3-13)7(9,10)11/h1-3H. The lowest BCUT2D eigenvalue weighted by atomic mass is 10.2. The van der Waals surface area contributed by atoms with Crippen LogP contribution in [0.15, 0.2) is 12.3 Å². The Labute approximate surface area is 70.2 Å². The number of halogens is 4. The van der Waals surface area contributed by atoms with E-state index in [1.165, 1.54) is 0 Å². The first-order valence-corrected chi connectivity index (χ1v) is 3.13. The molecule has 0 atom stereocenters. The van der Waals surface area contributed by atoms with E-state index in [0.717, 1.165) is 0 Å². The lowest BCUT2D eigenvalue weighted by Gasteiger charge is -2.07. The van der Waals surface area contributed by atoms with E-state index in [4.69, 9.17) is 0 Å². The maximum absolute atomic E-state index is 12.6. The molecule has 0 unspecified atom stereocenters. The van der Waals surface area contributed by atoms with Gasteiger partial charge in [0.25, 0.3) is 0 Å². The Morgan fingerprint density at radius 3 is 2.38 bits per heavy atom. The van der Waals surface area contributed by atoms with Gasteiger partial charge in [-0.25, -0.2) is 4.39 Å². The zero-order valence-corrected chi connectivity index (χ0v) is 6.10. The van der Waals surface area contributed by atoms with Crippen LogP contribution in [0.3, 0.4) is 0 Å². The highest BCUT2D eigenvalue weighted by atomic mass is 19.4. The molecule has 70 valence electrons. The fourth-order valence-electron chi connectivity index (χ4n) is 0.788. The molecule has 2 nitrogen and oxygen atoms in total. The highest BCUT2D eigenvalue weighted by Crippen LogP contribution is 2.30. The summed E-state index contributed by atoms with van der Waals surface area (Å²) in [6.45, 7) is 0. The van der Waals surface area contributed by atoms with Crippen molar-refractivity contribution in [3.05, 3.63) is 29.3 Å². The van der Waals surface area contributed by atoms with Crippen LogP contribution in [0.5, 0.6) is 0 Å². The summed E-state index contributed by atoms with van der Waals surface area (Å²) in [5.74, 6) is -1.22. The first-order valence-electron chi connectivity index (χ1n) is 3.13. The molecule has 6 heteroatoms. The molecule has 0 aliphatic heterocycles. The Morgan fingerprint density at radius 2 is 2.00 bits per heavy atom. The van der Waals surface area contributed by atoms with E-state index in [1.807, 2.05) is 0 Å². The van der Waals surface area contributed by atoms with Gasteiger partial charge in [-0.1, -0.05) is 0 Å². The fraction of sp³-hybridized carbons (Fsp3) is 0.143. The fourth-order valence-corrected chi connectivity index (χ4v) is 0.788. The molecule has 0 aliphatic rings. The van der Waals surface area contributed by atoms with Crippen molar-refractivity contribution < 1.29 is 22.4 Å². The van der Waals surface area contributed by atoms with E-state index in [1.54, 1.807) is 0 Å². The first kappa shape index (κ1) is 9.63. The molecule has 0 fully saturated rings. The summed E-state index contributed by atoms with van der Waals surface area (Å²) in [5, 5.41) is 0. The van der Waals surface area contributed by atoms with Gasteiger partial charge in [-0.2, -0.15) is 13.2 Å². The number of carbonyl (C=O) groups excluding carboxylic acids is 1. The number of hydrogen-bond donors (Lipinski definition) is 0. The van der Waals surface area contributed by atoms with E-state index >= 15 is 0 Å². The smallest absolute Gasteiger partial charge is 0.298 e. The molecule has 1 aromatic heterocycles. The summed E-state index contributed by atoms with van der Waals surface area (Å²) < 4.78 is 48.7. The van der Waals surface area contributed by atoms with Gasteiger partial charge in [0.05, 0.1) is 5.56 Å². The average Bonchev–Trinajstić information content (AvgIpc) is 2.02. The monoisotopic (exact) mass is 193 g/mol. The zero-order chi connectivity index (χ0) is 10.1. The van der Waals surface area contributed by atoms with Crippen LogP contribution in [0.4, 0.5) is 17.6 Å². The third-order valence-electron chi connectivity index (χ3n) is 1.32. The predicted molar refractivity (Wildman–Crippen MR) is 34.6 cm³/mol. The van der Waals surface area contributed by atoms with Crippen molar-refractivity contribution >= 4 is 6.29 Å². The van der Waals surface area contributed by atoms with Crippen LogP contribution in [-0.4, -0.2) is 11.3 Å². The second-order valence-electron chi connectivity index (χ2n) is 2.17. The minimum Gasteiger partial charge on any atom is -0.298 e. The Balaban J connectivity index is 3.37. The molecule has 0 amide bonds. The number of aldehydes is 1. The minimum atomic E-state index is -4.81. The van der Waals surface area contributed by atoms with Crippen molar-refractivity contribution in [2.45, 2.75) is 6.18 Å². The highest BCUT2D eigenvalue weighted by Gasteiger charge is 2.36. The molecule has 0 aromatic carbocycles. The van der Waals surface area contributed by atoms with Gasteiger partial charge in [-0.3, -0.25) is 9.78 Å². The van der Waals surface area contributed by atoms with Crippen LogP contribution in [0.1, 0.15) is 16.1 Å². The van der Waals surface area contributed by atoms with Gasteiger partial charge in [0, 0.05) is 6.20 Å². The van der Waals surface area contributed by atoms with Crippen molar-refractivity contribution in [1.82, 2.24) is 4.98 Å². The third kappa shape index (κ3) is 1.82. The summed E-state index contributed by atoms with van der Waals surface area (Å²) in [5.41, 5.74) is -2.56. The van der Waals surface area contributed by atoms with Crippen molar-refractivity contribution in [2.24, 2.45) is 0 Å². The summed E-state index contributed by atoms with van der Waals surface area (Å²) in [4.78, 5) is 13.0. The van der Waals surface area contributed by atoms with E-state index in [9.17, 15) is 22.4 Å². The number of carbonyl (C=O) groups is 1. The minimum absolute atomic E-state index is 0.203. The van der Waals surface area contributed by atoms with Crippen LogP contribution in [0.25, 0.3) is 0 Å². The van der Waals surface area contributed by atoms with Crippen LogP contribution in [0.2, 0.25) is 0 Å². The maximum atomic E-state index is 12.6. The van der Waals surface area contributed by atoms with Gasteiger partial charge in [-0.15, -0.1) is 0 Å². The highest BCUT2D eigenvalue weighted by molar-refractivity contribution is 5.77. The molecule has 0 saturated heterocycles. The molecule has 0 aliphatic carbocycles. The van der Waals surface area contributed by atoms with Crippen LogP contribution in [0, 0.1) is 5.82 Å². The molecule has 0 N–H and O–H groups in total. The zero-order valence-electron chi connectivity index (χ0n) is 6.10. The van der Waals surface area contributed by atoms with E-state index in [-0.39, 0.29) is 6.29 Å². The normalized spacial score (nSPS) is 11.4. The number of pyridine rings is 1. The Kier molecular flexibility index (Phi) is 2.31. The van der Waals surface area contributed by atoms with E-state index in [2.05, 4.69) is 4.98 Å². The molecule has 13 heavy (non-hydrogen) atoms. The number of alkyl halides is 3. The lowest BCUT2D eigenvalue weighted by molar-refractivity contribution is -0.141. The summed E-state index contributed by atoms with van der Waals surface area (Å²) >= 11 is 0. The topological polar surface area (TPSA) is 30.0 Å². The van der Waals surface area contributed by atoms with Crippen LogP contribution < -0.4 is 0 Å². The second kappa shape index (κ2) is 3.12. The molecule has 1 aromatic rings. The van der Waals surface area contributed by atoms with Crippen LogP contribution >= 0.6 is 0 Å². The molecular weight excluding hydrogens is 190 g/mol. The molecule has 0 bridgehead atoms. The largest absolute Gasteiger partial charge is 0.434 e. The predicted octanol–water partition coefficient (Wildman–Crippen LogP) is 2.05. The quantitative estimate of drug-likeness (QED) is 0.504. The third-order valence-corrected chi connectivity index (χ3v) is 1.32. The van der Waals surface area contributed by atoms with Gasteiger partial charge >= 0.3 is 6.18 Å². The van der Waals surface area contributed by atoms with E-state index in [0.29, 0.717) is 12.3 Å². The van der Waals surface area contributed by atoms with Crippen LogP contribution in [-0.2, 0) is 6.18 Å². The summed E-state index contributed by atoms with van der Waals surface area (Å²) in [6.07, 6.45) is -4.35. The Bertz CT molecular complexity index is 334. The number of rotatable bonds is 1. The van der Waals surface area contributed by atoms with E-state index < -0.39 is 23.3 Å². The Hall–Kier alpha value is -1.46. The maximum Gasteiger partial charge on any atom is 0.434 e. The molecular formula is C7H3F4NO. The molecule has 0 radical (unpaired) electrons. The first-order chi connectivity index (χ1) is 5.96. The van der Waals surface area contributed by atoms with Crippen molar-refractivity contribution in [3.63, 3.8) is 0 Å². The van der Waals surface area contributed by atoms with Crippen molar-refractivity contribution in [2.75, 3.05) is 0 Å². The van der Waals surface area contributed by atoms with Gasteiger partial charge < -0.3 is 0 Å². The van der Waals surface area contributed by atoms with Crippen molar-refractivity contribution in [3.8, 4) is 0 Å². The van der Waals surface area contributed by atoms with Gasteiger partial charge in [0.2, 0.25) is 0 Å². The summed E-state index contributed by atoms with van der Waals surface area (Å²) in [6, 6.07) is 0.693. The lowest BCUT2D eigenvalue weighted by Crippen LogP contribution is -2.12. The van der Waals surface area contributed by atoms with Gasteiger partial charge in [-0.05, 0) is 6.07 Å². The summed E-state index contributed by atoms with van der Waals surface area (Å²) in [7, 11) is 0. The number of nitrogens with zero attached hydrogens (tertiary/aromatic N) is 1. The molecule has 0 saturated carbocycles. The van der Waals surface area contributed by atoms with Gasteiger partial charge in [0.1, 0.15) is 5.82 Å². The molecule has 0 spiro atoms. The van der Waals surface area contributed by atoms with Gasteiger partial charge in [0.15, 0.2) is 12.0 Å². The second-order valence-corrected chi connectivity index (χ2v) is 2.17. The van der Waals surface area contributed by atoms with Crippen molar-refractivity contribution in [1.29, 1.82) is 0 Å².